The van der Waals surface area contributed by atoms with E-state index in [9.17, 15) is 0 Å². The number of hydrogen-bond acceptors (Lipinski definition) is 2. The Hall–Kier alpha value is -1.09. The molecule has 2 aromatic rings. The summed E-state index contributed by atoms with van der Waals surface area (Å²) in [5, 5.41) is 4.74. The van der Waals surface area contributed by atoms with Crippen LogP contribution in [0.3, 0.4) is 0 Å². The molecule has 0 bridgehead atoms. The van der Waals surface area contributed by atoms with Crippen LogP contribution >= 0.6 is 15.9 Å². The van der Waals surface area contributed by atoms with Crippen LogP contribution in [0.4, 0.5) is 0 Å². The lowest BCUT2D eigenvalue weighted by Gasteiger charge is -2.15. The minimum Gasteiger partial charge on any atom is -0.356 e. The Bertz CT molecular complexity index is 533. The van der Waals surface area contributed by atoms with Crippen molar-refractivity contribution in [3.8, 4) is 11.3 Å². The van der Waals surface area contributed by atoms with Gasteiger partial charge in [0.1, 0.15) is 0 Å². The van der Waals surface area contributed by atoms with E-state index in [0.717, 1.165) is 22.3 Å². The molecule has 1 heterocycles. The average molecular weight is 292 g/mol. The van der Waals surface area contributed by atoms with Gasteiger partial charge in [-0.05, 0) is 42.9 Å². The first-order valence-corrected chi connectivity index (χ1v) is 7.13. The van der Waals surface area contributed by atoms with Crippen LogP contribution in [0, 0.1) is 0 Å². The zero-order chi connectivity index (χ0) is 11.7. The van der Waals surface area contributed by atoms with Gasteiger partial charge >= 0.3 is 0 Å². The second-order valence-corrected chi connectivity index (χ2v) is 5.07. The van der Waals surface area contributed by atoms with Crippen molar-refractivity contribution in [1.82, 2.24) is 5.16 Å². The fraction of sp³-hybridized carbons (Fsp3) is 0.357. The van der Waals surface area contributed by atoms with Gasteiger partial charge in [-0.25, -0.2) is 0 Å². The van der Waals surface area contributed by atoms with Crippen molar-refractivity contribution in [2.45, 2.75) is 31.0 Å². The average Bonchev–Trinajstić information content (AvgIpc) is 2.87. The molecule has 0 saturated carbocycles. The molecule has 0 aliphatic heterocycles. The third-order valence-corrected chi connectivity index (χ3v) is 3.90. The lowest BCUT2D eigenvalue weighted by Crippen LogP contribution is -2.02. The van der Waals surface area contributed by atoms with E-state index in [4.69, 9.17) is 4.52 Å². The summed E-state index contributed by atoms with van der Waals surface area (Å²) in [4.78, 5) is 0. The van der Waals surface area contributed by atoms with Crippen LogP contribution in [0.25, 0.3) is 11.3 Å². The largest absolute Gasteiger partial charge is 0.356 e. The molecule has 0 unspecified atom stereocenters. The van der Waals surface area contributed by atoms with Gasteiger partial charge in [-0.2, -0.15) is 0 Å². The highest BCUT2D eigenvalue weighted by molar-refractivity contribution is 9.08. The van der Waals surface area contributed by atoms with Crippen LogP contribution in [0.1, 0.15) is 29.7 Å². The van der Waals surface area contributed by atoms with Crippen molar-refractivity contribution in [3.05, 3.63) is 41.1 Å². The SMILES string of the molecule is BrCc1cc(-c2ccc3c(c2)CCCC3)on1. The van der Waals surface area contributed by atoms with Crippen LogP contribution in [0.2, 0.25) is 0 Å². The summed E-state index contributed by atoms with van der Waals surface area (Å²) >= 11 is 3.38. The maximum absolute atomic E-state index is 5.35. The molecule has 1 aromatic carbocycles. The molecule has 0 fully saturated rings. The fourth-order valence-electron chi connectivity index (χ4n) is 2.40. The molecule has 3 rings (SSSR count). The molecular weight excluding hydrogens is 278 g/mol. The van der Waals surface area contributed by atoms with E-state index in [-0.39, 0.29) is 0 Å². The highest BCUT2D eigenvalue weighted by Gasteiger charge is 2.12. The third-order valence-electron chi connectivity index (χ3n) is 3.33. The second-order valence-electron chi connectivity index (χ2n) is 4.51. The minimum absolute atomic E-state index is 0.738. The topological polar surface area (TPSA) is 26.0 Å². The van der Waals surface area contributed by atoms with E-state index < -0.39 is 0 Å². The smallest absolute Gasteiger partial charge is 0.167 e. The van der Waals surface area contributed by atoms with Gasteiger partial charge in [0.25, 0.3) is 0 Å². The molecule has 88 valence electrons. The van der Waals surface area contributed by atoms with E-state index >= 15 is 0 Å². The Morgan fingerprint density at radius 1 is 1.12 bits per heavy atom. The predicted octanol–water partition coefficient (Wildman–Crippen LogP) is 4.12. The molecule has 0 amide bonds. The highest BCUT2D eigenvalue weighted by atomic mass is 79.9. The molecule has 3 heteroatoms. The number of halogens is 1. The Labute approximate surface area is 109 Å². The number of hydrogen-bond donors (Lipinski definition) is 0. The number of alkyl halides is 1. The van der Waals surface area contributed by atoms with Crippen molar-refractivity contribution in [1.29, 1.82) is 0 Å². The van der Waals surface area contributed by atoms with Gasteiger partial charge in [-0.15, -0.1) is 0 Å². The zero-order valence-corrected chi connectivity index (χ0v) is 11.2. The molecular formula is C14H14BrNO. The molecule has 0 atom stereocenters. The minimum atomic E-state index is 0.738. The first-order valence-electron chi connectivity index (χ1n) is 6.00. The van der Waals surface area contributed by atoms with Crippen molar-refractivity contribution >= 4 is 15.9 Å². The molecule has 0 spiro atoms. The van der Waals surface area contributed by atoms with E-state index in [2.05, 4.69) is 39.3 Å². The van der Waals surface area contributed by atoms with E-state index in [1.165, 1.54) is 36.8 Å². The van der Waals surface area contributed by atoms with E-state index in [1.807, 2.05) is 6.07 Å². The Balaban J connectivity index is 1.97. The molecule has 0 saturated heterocycles. The fourth-order valence-corrected chi connectivity index (χ4v) is 2.66. The lowest BCUT2D eigenvalue weighted by atomic mass is 9.90. The van der Waals surface area contributed by atoms with Crippen molar-refractivity contribution in [2.24, 2.45) is 0 Å². The number of benzene rings is 1. The molecule has 17 heavy (non-hydrogen) atoms. The lowest BCUT2D eigenvalue weighted by molar-refractivity contribution is 0.426. The number of nitrogens with zero attached hydrogens (tertiary/aromatic N) is 1. The number of fused-ring (bicyclic) bond motifs is 1. The summed E-state index contributed by atoms with van der Waals surface area (Å²) in [5.74, 6) is 0.868. The van der Waals surface area contributed by atoms with Gasteiger partial charge in [0.15, 0.2) is 5.76 Å². The van der Waals surface area contributed by atoms with Crippen LogP contribution in [0.15, 0.2) is 28.8 Å². The van der Waals surface area contributed by atoms with Crippen LogP contribution < -0.4 is 0 Å². The van der Waals surface area contributed by atoms with Gasteiger partial charge < -0.3 is 4.52 Å². The summed E-state index contributed by atoms with van der Waals surface area (Å²) in [6.45, 7) is 0. The van der Waals surface area contributed by atoms with E-state index in [0.29, 0.717) is 0 Å². The molecule has 1 aromatic heterocycles. The summed E-state index contributed by atoms with van der Waals surface area (Å²) in [5.41, 5.74) is 5.06. The van der Waals surface area contributed by atoms with Gasteiger partial charge in [0.05, 0.1) is 5.69 Å². The highest BCUT2D eigenvalue weighted by Crippen LogP contribution is 2.28. The second kappa shape index (κ2) is 4.65. The maximum Gasteiger partial charge on any atom is 0.167 e. The third kappa shape index (κ3) is 2.16. The van der Waals surface area contributed by atoms with Gasteiger partial charge in [0.2, 0.25) is 0 Å². The van der Waals surface area contributed by atoms with Crippen LogP contribution in [-0.2, 0) is 18.2 Å². The number of aryl methyl sites for hydroxylation is 2. The first kappa shape index (κ1) is 11.0. The monoisotopic (exact) mass is 291 g/mol. The molecule has 1 aliphatic rings. The van der Waals surface area contributed by atoms with Crippen molar-refractivity contribution < 1.29 is 4.52 Å². The van der Waals surface area contributed by atoms with Gasteiger partial charge in [0, 0.05) is 17.0 Å². The normalized spacial score (nSPS) is 14.6. The van der Waals surface area contributed by atoms with Crippen LogP contribution in [-0.4, -0.2) is 5.16 Å². The standard InChI is InChI=1S/C14H14BrNO/c15-9-13-8-14(17-16-13)12-6-5-10-3-1-2-4-11(10)7-12/h5-8H,1-4,9H2. The first-order chi connectivity index (χ1) is 8.36. The van der Waals surface area contributed by atoms with Crippen molar-refractivity contribution in [2.75, 3.05) is 0 Å². The summed E-state index contributed by atoms with van der Waals surface area (Å²) in [6, 6.07) is 8.63. The Morgan fingerprint density at radius 3 is 2.71 bits per heavy atom. The van der Waals surface area contributed by atoms with Crippen LogP contribution in [0.5, 0.6) is 0 Å². The number of rotatable bonds is 2. The summed E-state index contributed by atoms with van der Waals surface area (Å²) < 4.78 is 5.35. The summed E-state index contributed by atoms with van der Waals surface area (Å²) in [7, 11) is 0. The Morgan fingerprint density at radius 2 is 1.94 bits per heavy atom. The van der Waals surface area contributed by atoms with E-state index in [1.54, 1.807) is 0 Å². The zero-order valence-electron chi connectivity index (χ0n) is 9.58. The molecule has 1 aliphatic carbocycles. The maximum atomic E-state index is 5.35. The number of aromatic nitrogens is 1. The van der Waals surface area contributed by atoms with Gasteiger partial charge in [-0.3, -0.25) is 0 Å². The predicted molar refractivity (Wildman–Crippen MR) is 71.2 cm³/mol. The molecule has 2 nitrogen and oxygen atoms in total. The summed E-state index contributed by atoms with van der Waals surface area (Å²) in [6.07, 6.45) is 5.04. The van der Waals surface area contributed by atoms with Crippen molar-refractivity contribution in [3.63, 3.8) is 0 Å². The molecule has 0 radical (unpaired) electrons. The quantitative estimate of drug-likeness (QED) is 0.778. The Kier molecular flexibility index (Phi) is 3.02. The van der Waals surface area contributed by atoms with Gasteiger partial charge in [-0.1, -0.05) is 33.2 Å². The molecule has 0 N–H and O–H groups in total.